The van der Waals surface area contributed by atoms with Crippen molar-refractivity contribution < 1.29 is 5.11 Å². The second-order valence-electron chi connectivity index (χ2n) is 4.94. The fraction of sp³-hybridized carbons (Fsp3) is 0.250. The Labute approximate surface area is 133 Å². The van der Waals surface area contributed by atoms with Crippen molar-refractivity contribution in [2.24, 2.45) is 0 Å². The number of aliphatic hydroxyl groups is 1. The Morgan fingerprint density at radius 1 is 1.15 bits per heavy atom. The maximum atomic E-state index is 10.3. The van der Waals surface area contributed by atoms with E-state index >= 15 is 0 Å². The molecule has 0 heterocycles. The third kappa shape index (κ3) is 3.75. The van der Waals surface area contributed by atoms with Crippen molar-refractivity contribution >= 4 is 33.2 Å². The average Bonchev–Trinajstić information content (AvgIpc) is 2.42. The van der Waals surface area contributed by atoms with Gasteiger partial charge in [-0.1, -0.05) is 45.7 Å². The molecule has 20 heavy (non-hydrogen) atoms. The van der Waals surface area contributed by atoms with Crippen molar-refractivity contribution in [1.29, 1.82) is 0 Å². The molecule has 0 radical (unpaired) electrons. The Kier molecular flexibility index (Phi) is 5.08. The number of hydrogen-bond donors (Lipinski definition) is 1. The van der Waals surface area contributed by atoms with Crippen LogP contribution in [0.4, 0.5) is 5.69 Å². The SMILES string of the molecule is CN(C)c1ccc(C(O)Cc2ccc(Br)cc2Cl)cc1. The van der Waals surface area contributed by atoms with Crippen LogP contribution in [0.1, 0.15) is 17.2 Å². The minimum absolute atomic E-state index is 0.507. The van der Waals surface area contributed by atoms with E-state index in [0.29, 0.717) is 11.4 Å². The highest BCUT2D eigenvalue weighted by Crippen LogP contribution is 2.27. The number of nitrogens with zero attached hydrogens (tertiary/aromatic N) is 1. The van der Waals surface area contributed by atoms with Gasteiger partial charge in [-0.25, -0.2) is 0 Å². The summed E-state index contributed by atoms with van der Waals surface area (Å²) in [5.41, 5.74) is 2.95. The quantitative estimate of drug-likeness (QED) is 0.877. The monoisotopic (exact) mass is 353 g/mol. The largest absolute Gasteiger partial charge is 0.388 e. The Hall–Kier alpha value is -1.03. The molecule has 0 aliphatic heterocycles. The number of hydrogen-bond acceptors (Lipinski definition) is 2. The molecule has 0 amide bonds. The molecule has 0 aliphatic rings. The summed E-state index contributed by atoms with van der Waals surface area (Å²) in [4.78, 5) is 2.03. The molecule has 0 bridgehead atoms. The summed E-state index contributed by atoms with van der Waals surface area (Å²) in [6, 6.07) is 13.6. The van der Waals surface area contributed by atoms with Crippen molar-refractivity contribution in [3.05, 3.63) is 63.1 Å². The number of benzene rings is 2. The lowest BCUT2D eigenvalue weighted by atomic mass is 10.0. The maximum Gasteiger partial charge on any atom is 0.0830 e. The second kappa shape index (κ2) is 6.61. The van der Waals surface area contributed by atoms with Crippen LogP contribution in [-0.4, -0.2) is 19.2 Å². The summed E-state index contributed by atoms with van der Waals surface area (Å²) in [7, 11) is 3.99. The first-order chi connectivity index (χ1) is 9.47. The van der Waals surface area contributed by atoms with Gasteiger partial charge in [0.2, 0.25) is 0 Å². The molecule has 0 saturated heterocycles. The predicted molar refractivity (Wildman–Crippen MR) is 88.6 cm³/mol. The number of rotatable bonds is 4. The van der Waals surface area contributed by atoms with E-state index in [-0.39, 0.29) is 0 Å². The summed E-state index contributed by atoms with van der Waals surface area (Å²) < 4.78 is 0.941. The van der Waals surface area contributed by atoms with Crippen molar-refractivity contribution in [3.8, 4) is 0 Å². The molecule has 4 heteroatoms. The molecule has 2 rings (SSSR count). The van der Waals surface area contributed by atoms with E-state index in [9.17, 15) is 5.11 Å². The van der Waals surface area contributed by atoms with E-state index in [1.165, 1.54) is 0 Å². The average molecular weight is 355 g/mol. The molecule has 1 N–H and O–H groups in total. The molecule has 0 aliphatic carbocycles. The van der Waals surface area contributed by atoms with Gasteiger partial charge in [-0.15, -0.1) is 0 Å². The van der Waals surface area contributed by atoms with E-state index in [1.807, 2.05) is 61.5 Å². The molecule has 1 atom stereocenters. The van der Waals surface area contributed by atoms with Gasteiger partial charge in [0, 0.05) is 35.7 Å². The predicted octanol–water partition coefficient (Wildman–Crippen LogP) is 4.44. The zero-order valence-corrected chi connectivity index (χ0v) is 13.8. The lowest BCUT2D eigenvalue weighted by Gasteiger charge is -2.16. The van der Waals surface area contributed by atoms with E-state index in [4.69, 9.17) is 11.6 Å². The lowest BCUT2D eigenvalue weighted by molar-refractivity contribution is 0.178. The van der Waals surface area contributed by atoms with E-state index in [1.54, 1.807) is 0 Å². The Balaban J connectivity index is 2.13. The van der Waals surface area contributed by atoms with E-state index in [0.717, 1.165) is 21.3 Å². The van der Waals surface area contributed by atoms with Crippen molar-refractivity contribution in [1.82, 2.24) is 0 Å². The minimum Gasteiger partial charge on any atom is -0.388 e. The highest BCUT2D eigenvalue weighted by molar-refractivity contribution is 9.10. The first-order valence-corrected chi connectivity index (χ1v) is 7.54. The van der Waals surface area contributed by atoms with Crippen molar-refractivity contribution in [2.45, 2.75) is 12.5 Å². The fourth-order valence-corrected chi connectivity index (χ4v) is 2.76. The molecule has 106 valence electrons. The number of anilines is 1. The summed E-state index contributed by atoms with van der Waals surface area (Å²) in [5.74, 6) is 0. The Bertz CT molecular complexity index is 584. The van der Waals surface area contributed by atoms with Crippen LogP contribution in [0, 0.1) is 0 Å². The van der Waals surface area contributed by atoms with Gasteiger partial charge in [0.05, 0.1) is 6.10 Å². The van der Waals surface area contributed by atoms with Crippen LogP contribution in [0.2, 0.25) is 5.02 Å². The van der Waals surface area contributed by atoms with Crippen LogP contribution in [-0.2, 0) is 6.42 Å². The van der Waals surface area contributed by atoms with Gasteiger partial charge in [-0.3, -0.25) is 0 Å². The van der Waals surface area contributed by atoms with Crippen LogP contribution >= 0.6 is 27.5 Å². The molecular formula is C16H17BrClNO. The molecule has 2 aromatic carbocycles. The second-order valence-corrected chi connectivity index (χ2v) is 6.26. The molecule has 1 unspecified atom stereocenters. The topological polar surface area (TPSA) is 23.5 Å². The van der Waals surface area contributed by atoms with Crippen molar-refractivity contribution in [3.63, 3.8) is 0 Å². The molecule has 0 saturated carbocycles. The summed E-state index contributed by atoms with van der Waals surface area (Å²) >= 11 is 9.56. The van der Waals surface area contributed by atoms with Gasteiger partial charge in [-0.05, 0) is 35.4 Å². The smallest absolute Gasteiger partial charge is 0.0830 e. The van der Waals surface area contributed by atoms with Gasteiger partial charge in [0.1, 0.15) is 0 Å². The highest BCUT2D eigenvalue weighted by Gasteiger charge is 2.11. The fourth-order valence-electron chi connectivity index (χ4n) is 2.01. The molecule has 0 aromatic heterocycles. The number of halogens is 2. The zero-order valence-electron chi connectivity index (χ0n) is 11.5. The maximum absolute atomic E-state index is 10.3. The van der Waals surface area contributed by atoms with Gasteiger partial charge in [0.15, 0.2) is 0 Å². The molecule has 0 spiro atoms. The molecule has 0 fully saturated rings. The Morgan fingerprint density at radius 3 is 2.35 bits per heavy atom. The normalized spacial score (nSPS) is 12.2. The van der Waals surface area contributed by atoms with Gasteiger partial charge < -0.3 is 10.0 Å². The van der Waals surface area contributed by atoms with E-state index in [2.05, 4.69) is 15.9 Å². The lowest BCUT2D eigenvalue weighted by Crippen LogP contribution is -2.09. The van der Waals surface area contributed by atoms with E-state index < -0.39 is 6.10 Å². The molecule has 2 aromatic rings. The highest BCUT2D eigenvalue weighted by atomic mass is 79.9. The van der Waals surface area contributed by atoms with Crippen LogP contribution < -0.4 is 4.90 Å². The van der Waals surface area contributed by atoms with Crippen LogP contribution in [0.25, 0.3) is 0 Å². The molecule has 2 nitrogen and oxygen atoms in total. The van der Waals surface area contributed by atoms with Crippen LogP contribution in [0.15, 0.2) is 46.9 Å². The third-order valence-corrected chi connectivity index (χ3v) is 4.07. The first kappa shape index (κ1) is 15.4. The summed E-state index contributed by atoms with van der Waals surface area (Å²) in [6.45, 7) is 0. The minimum atomic E-state index is -0.551. The standard InChI is InChI=1S/C16H17BrClNO/c1-19(2)14-7-4-11(5-8-14)16(20)9-12-3-6-13(17)10-15(12)18/h3-8,10,16,20H,9H2,1-2H3. The van der Waals surface area contributed by atoms with Crippen molar-refractivity contribution in [2.75, 3.05) is 19.0 Å². The zero-order chi connectivity index (χ0) is 14.7. The van der Waals surface area contributed by atoms with Gasteiger partial charge in [-0.2, -0.15) is 0 Å². The Morgan fingerprint density at radius 2 is 1.80 bits per heavy atom. The van der Waals surface area contributed by atoms with Gasteiger partial charge in [0.25, 0.3) is 0 Å². The van der Waals surface area contributed by atoms with Gasteiger partial charge >= 0.3 is 0 Å². The van der Waals surface area contributed by atoms with Crippen LogP contribution in [0.5, 0.6) is 0 Å². The summed E-state index contributed by atoms with van der Waals surface area (Å²) in [6.07, 6.45) is -0.0437. The molecular weight excluding hydrogens is 338 g/mol. The van der Waals surface area contributed by atoms with Crippen LogP contribution in [0.3, 0.4) is 0 Å². The third-order valence-electron chi connectivity index (χ3n) is 3.22. The first-order valence-electron chi connectivity index (χ1n) is 6.36. The summed E-state index contributed by atoms with van der Waals surface area (Å²) in [5, 5.41) is 11.0. The number of aliphatic hydroxyl groups excluding tert-OH is 1.